The fourth-order valence-corrected chi connectivity index (χ4v) is 3.99. The van der Waals surface area contributed by atoms with Gasteiger partial charge in [-0.25, -0.2) is 0 Å². The lowest BCUT2D eigenvalue weighted by atomic mass is 9.93. The average Bonchev–Trinajstić information content (AvgIpc) is 2.73. The van der Waals surface area contributed by atoms with Gasteiger partial charge in [-0.1, -0.05) is 79.7 Å². The van der Waals surface area contributed by atoms with Gasteiger partial charge in [0.25, 0.3) is 0 Å². The highest BCUT2D eigenvalue weighted by molar-refractivity contribution is 7.86. The molecule has 0 amide bonds. The molecule has 0 bridgehead atoms. The second-order valence-electron chi connectivity index (χ2n) is 6.99. The molecular formula is C22H23NO5S. The third-order valence-electron chi connectivity index (χ3n) is 4.62. The third kappa shape index (κ3) is 4.48. The number of aliphatic hydroxyl groups is 2. The zero-order valence-corrected chi connectivity index (χ0v) is 17.0. The SMILES string of the molecule is CC(C)C(O)/C(=N\OS(=O)(=O)c1ccccc1CO)c1cccc2ccccc12. The van der Waals surface area contributed by atoms with E-state index >= 15 is 0 Å². The molecule has 0 aliphatic rings. The zero-order valence-electron chi connectivity index (χ0n) is 16.2. The van der Waals surface area contributed by atoms with E-state index in [1.165, 1.54) is 18.2 Å². The molecule has 0 spiro atoms. The predicted octanol–water partition coefficient (Wildman–Crippen LogP) is 3.46. The molecular weight excluding hydrogens is 390 g/mol. The Morgan fingerprint density at radius 3 is 2.38 bits per heavy atom. The number of hydrogen-bond acceptors (Lipinski definition) is 6. The summed E-state index contributed by atoms with van der Waals surface area (Å²) < 4.78 is 30.3. The van der Waals surface area contributed by atoms with Gasteiger partial charge in [0.15, 0.2) is 0 Å². The number of nitrogens with zero attached hydrogens (tertiary/aromatic N) is 1. The van der Waals surface area contributed by atoms with Crippen LogP contribution in [-0.2, 0) is 21.0 Å². The van der Waals surface area contributed by atoms with E-state index in [1.54, 1.807) is 26.0 Å². The van der Waals surface area contributed by atoms with Crippen molar-refractivity contribution in [3.63, 3.8) is 0 Å². The Morgan fingerprint density at radius 1 is 1.00 bits per heavy atom. The highest BCUT2D eigenvalue weighted by Gasteiger charge is 2.25. The molecule has 0 heterocycles. The van der Waals surface area contributed by atoms with Crippen molar-refractivity contribution in [3.8, 4) is 0 Å². The number of fused-ring (bicyclic) bond motifs is 1. The molecule has 0 radical (unpaired) electrons. The molecule has 0 fully saturated rings. The molecule has 1 unspecified atom stereocenters. The number of benzene rings is 3. The van der Waals surface area contributed by atoms with Crippen LogP contribution < -0.4 is 0 Å². The van der Waals surface area contributed by atoms with Gasteiger partial charge in [-0.05, 0) is 28.3 Å². The van der Waals surface area contributed by atoms with Gasteiger partial charge < -0.3 is 10.2 Å². The Morgan fingerprint density at radius 2 is 1.66 bits per heavy atom. The highest BCUT2D eigenvalue weighted by atomic mass is 32.2. The molecule has 0 aliphatic heterocycles. The molecule has 0 saturated heterocycles. The van der Waals surface area contributed by atoms with E-state index in [2.05, 4.69) is 5.16 Å². The van der Waals surface area contributed by atoms with E-state index in [0.29, 0.717) is 5.56 Å². The summed E-state index contributed by atoms with van der Waals surface area (Å²) in [5.41, 5.74) is 0.926. The molecule has 0 aliphatic carbocycles. The molecule has 2 N–H and O–H groups in total. The third-order valence-corrected chi connectivity index (χ3v) is 5.83. The smallest absolute Gasteiger partial charge is 0.358 e. The van der Waals surface area contributed by atoms with Crippen LogP contribution >= 0.6 is 0 Å². The first-order chi connectivity index (χ1) is 13.8. The minimum Gasteiger partial charge on any atom is -0.392 e. The van der Waals surface area contributed by atoms with Crippen molar-refractivity contribution < 1.29 is 22.9 Å². The second kappa shape index (κ2) is 8.73. The van der Waals surface area contributed by atoms with Crippen LogP contribution in [0.4, 0.5) is 0 Å². The summed E-state index contributed by atoms with van der Waals surface area (Å²) in [4.78, 5) is -0.164. The van der Waals surface area contributed by atoms with Crippen LogP contribution in [0, 0.1) is 5.92 Å². The lowest BCUT2D eigenvalue weighted by Gasteiger charge is -2.18. The normalized spacial score (nSPS) is 13.6. The maximum absolute atomic E-state index is 12.7. The molecule has 29 heavy (non-hydrogen) atoms. The van der Waals surface area contributed by atoms with Gasteiger partial charge >= 0.3 is 10.1 Å². The van der Waals surface area contributed by atoms with Gasteiger partial charge in [-0.3, -0.25) is 4.28 Å². The molecule has 7 heteroatoms. The van der Waals surface area contributed by atoms with Gasteiger partial charge in [0.2, 0.25) is 0 Å². The summed E-state index contributed by atoms with van der Waals surface area (Å²) in [6, 6.07) is 19.1. The van der Waals surface area contributed by atoms with Crippen LogP contribution in [0.25, 0.3) is 10.8 Å². The van der Waals surface area contributed by atoms with Crippen LogP contribution in [-0.4, -0.2) is 30.4 Å². The van der Waals surface area contributed by atoms with E-state index in [9.17, 15) is 18.6 Å². The minimum atomic E-state index is -4.28. The molecule has 1 atom stereocenters. The summed E-state index contributed by atoms with van der Waals surface area (Å²) in [6.45, 7) is 3.16. The first kappa shape index (κ1) is 21.0. The molecule has 3 rings (SSSR count). The summed E-state index contributed by atoms with van der Waals surface area (Å²) >= 11 is 0. The average molecular weight is 413 g/mol. The van der Waals surface area contributed by atoms with E-state index in [-0.39, 0.29) is 22.1 Å². The monoisotopic (exact) mass is 413 g/mol. The van der Waals surface area contributed by atoms with Crippen molar-refractivity contribution in [1.29, 1.82) is 0 Å². The summed E-state index contributed by atoms with van der Waals surface area (Å²) in [6.07, 6.45) is -1.04. The first-order valence-electron chi connectivity index (χ1n) is 9.21. The van der Waals surface area contributed by atoms with Crippen molar-refractivity contribution in [1.82, 2.24) is 0 Å². The molecule has 0 aromatic heterocycles. The summed E-state index contributed by atoms with van der Waals surface area (Å²) in [5, 5.41) is 25.8. The maximum atomic E-state index is 12.7. The van der Waals surface area contributed by atoms with Gasteiger partial charge in [0.05, 0.1) is 6.61 Å². The Bertz CT molecular complexity index is 1130. The molecule has 152 valence electrons. The molecule has 0 saturated carbocycles. The van der Waals surface area contributed by atoms with Crippen molar-refractivity contribution >= 4 is 26.6 Å². The molecule has 3 aromatic rings. The second-order valence-corrected chi connectivity index (χ2v) is 8.48. The summed E-state index contributed by atoms with van der Waals surface area (Å²) in [5.74, 6) is -0.219. The minimum absolute atomic E-state index is 0.127. The Kier molecular flexibility index (Phi) is 6.32. The van der Waals surface area contributed by atoms with Crippen molar-refractivity contribution in [3.05, 3.63) is 77.9 Å². The largest absolute Gasteiger partial charge is 0.392 e. The van der Waals surface area contributed by atoms with Crippen LogP contribution in [0.15, 0.2) is 76.8 Å². The standard InChI is InChI=1S/C22H23NO5S/c1-15(2)22(25)21(19-12-7-10-16-8-3-5-11-18(16)19)23-28-29(26,27)20-13-6-4-9-17(20)14-24/h3-13,15,22,24-25H,14H2,1-2H3/b23-21-. The first-order valence-corrected chi connectivity index (χ1v) is 10.6. The molecule has 3 aromatic carbocycles. The van der Waals surface area contributed by atoms with Crippen molar-refractivity contribution in [2.24, 2.45) is 11.1 Å². The van der Waals surface area contributed by atoms with E-state index in [0.717, 1.165) is 10.8 Å². The van der Waals surface area contributed by atoms with Gasteiger partial charge in [-0.2, -0.15) is 8.42 Å². The van der Waals surface area contributed by atoms with E-state index in [4.69, 9.17) is 4.28 Å². The number of rotatable bonds is 7. The Balaban J connectivity index is 2.09. The fraction of sp³-hybridized carbons (Fsp3) is 0.227. The lowest BCUT2D eigenvalue weighted by molar-refractivity contribution is 0.186. The van der Waals surface area contributed by atoms with Crippen LogP contribution in [0.3, 0.4) is 0 Å². The van der Waals surface area contributed by atoms with E-state index < -0.39 is 22.8 Å². The van der Waals surface area contributed by atoms with Crippen molar-refractivity contribution in [2.75, 3.05) is 0 Å². The van der Waals surface area contributed by atoms with Crippen LogP contribution in [0.5, 0.6) is 0 Å². The summed E-state index contributed by atoms with van der Waals surface area (Å²) in [7, 11) is -4.28. The van der Waals surface area contributed by atoms with E-state index in [1.807, 2.05) is 36.4 Å². The van der Waals surface area contributed by atoms with Crippen LogP contribution in [0.2, 0.25) is 0 Å². The number of hydrogen-bond donors (Lipinski definition) is 2. The Hall–Kier alpha value is -2.74. The highest BCUT2D eigenvalue weighted by Crippen LogP contribution is 2.24. The quantitative estimate of drug-likeness (QED) is 0.457. The lowest BCUT2D eigenvalue weighted by Crippen LogP contribution is -2.28. The van der Waals surface area contributed by atoms with Gasteiger partial charge in [0.1, 0.15) is 16.7 Å². The maximum Gasteiger partial charge on any atom is 0.358 e. The molecule has 6 nitrogen and oxygen atoms in total. The van der Waals surface area contributed by atoms with Gasteiger partial charge in [0, 0.05) is 5.56 Å². The van der Waals surface area contributed by atoms with Gasteiger partial charge in [-0.15, -0.1) is 0 Å². The predicted molar refractivity (Wildman–Crippen MR) is 112 cm³/mol. The topological polar surface area (TPSA) is 96.2 Å². The Labute approximate surface area is 170 Å². The number of oxime groups is 1. The number of aliphatic hydroxyl groups excluding tert-OH is 2. The van der Waals surface area contributed by atoms with Crippen molar-refractivity contribution in [2.45, 2.75) is 31.5 Å². The fourth-order valence-electron chi connectivity index (χ4n) is 3.03. The zero-order chi connectivity index (χ0) is 21.0. The van der Waals surface area contributed by atoms with Crippen LogP contribution in [0.1, 0.15) is 25.0 Å².